The van der Waals surface area contributed by atoms with Gasteiger partial charge in [0.25, 0.3) is 5.91 Å². The third-order valence-corrected chi connectivity index (χ3v) is 4.84. The first kappa shape index (κ1) is 14.6. The fraction of sp³-hybridized carbons (Fsp3) is 0.267. The average molecular weight is 318 g/mol. The number of aromatic nitrogens is 1. The zero-order valence-corrected chi connectivity index (χ0v) is 12.4. The van der Waals surface area contributed by atoms with E-state index in [4.69, 9.17) is 4.42 Å². The van der Waals surface area contributed by atoms with Gasteiger partial charge < -0.3 is 14.8 Å². The van der Waals surface area contributed by atoms with E-state index in [0.29, 0.717) is 23.5 Å². The number of thioether (sulfide) groups is 1. The van der Waals surface area contributed by atoms with Crippen molar-refractivity contribution in [1.29, 1.82) is 0 Å². The first-order valence-corrected chi connectivity index (χ1v) is 7.89. The molecule has 1 amide bonds. The number of carboxylic acid groups (broad SMARTS) is 1. The molecule has 2 N–H and O–H groups in total. The predicted octanol–water partition coefficient (Wildman–Crippen LogP) is 2.03. The second kappa shape index (κ2) is 5.84. The minimum atomic E-state index is -1.16. The molecule has 2 heterocycles. The SMILES string of the molecule is O=C(NC1(C(=O)O)CCSC1)c1ccc(-c2cnco2)cc1. The summed E-state index contributed by atoms with van der Waals surface area (Å²) in [6, 6.07) is 6.77. The van der Waals surface area contributed by atoms with Gasteiger partial charge in [-0.25, -0.2) is 9.78 Å². The van der Waals surface area contributed by atoms with Crippen molar-refractivity contribution in [3.05, 3.63) is 42.4 Å². The van der Waals surface area contributed by atoms with E-state index < -0.39 is 11.5 Å². The summed E-state index contributed by atoms with van der Waals surface area (Å²) in [6.07, 6.45) is 3.36. The van der Waals surface area contributed by atoms with E-state index in [2.05, 4.69) is 10.3 Å². The van der Waals surface area contributed by atoms with Crippen LogP contribution in [0.25, 0.3) is 11.3 Å². The second-order valence-electron chi connectivity index (χ2n) is 5.09. The van der Waals surface area contributed by atoms with Gasteiger partial charge in [0.15, 0.2) is 12.2 Å². The Kier molecular flexibility index (Phi) is 3.89. The molecule has 7 heteroatoms. The molecule has 6 nitrogen and oxygen atoms in total. The molecule has 1 aromatic carbocycles. The Balaban J connectivity index is 1.76. The van der Waals surface area contributed by atoms with Gasteiger partial charge in [0.1, 0.15) is 5.54 Å². The van der Waals surface area contributed by atoms with E-state index in [-0.39, 0.29) is 5.91 Å². The van der Waals surface area contributed by atoms with Crippen LogP contribution in [0.5, 0.6) is 0 Å². The molecule has 1 aromatic heterocycles. The van der Waals surface area contributed by atoms with Crippen molar-refractivity contribution in [2.75, 3.05) is 11.5 Å². The average Bonchev–Trinajstić information content (AvgIpc) is 3.19. The highest BCUT2D eigenvalue weighted by molar-refractivity contribution is 7.99. The molecule has 1 aliphatic rings. The number of amides is 1. The molecule has 1 aliphatic heterocycles. The molecule has 114 valence electrons. The van der Waals surface area contributed by atoms with Crippen LogP contribution < -0.4 is 5.32 Å². The van der Waals surface area contributed by atoms with Crippen LogP contribution in [0.15, 0.2) is 41.3 Å². The number of benzene rings is 1. The lowest BCUT2D eigenvalue weighted by Crippen LogP contribution is -2.54. The maximum atomic E-state index is 12.3. The highest BCUT2D eigenvalue weighted by atomic mass is 32.2. The van der Waals surface area contributed by atoms with Crippen LogP contribution in [-0.2, 0) is 4.79 Å². The number of oxazole rings is 1. The zero-order chi connectivity index (χ0) is 15.6. The molecule has 1 unspecified atom stereocenters. The Morgan fingerprint density at radius 3 is 2.64 bits per heavy atom. The van der Waals surface area contributed by atoms with E-state index in [1.807, 2.05) is 0 Å². The van der Waals surface area contributed by atoms with Crippen LogP contribution >= 0.6 is 11.8 Å². The van der Waals surface area contributed by atoms with Gasteiger partial charge in [0.05, 0.1) is 6.20 Å². The van der Waals surface area contributed by atoms with Crippen LogP contribution in [0.3, 0.4) is 0 Å². The van der Waals surface area contributed by atoms with Crippen molar-refractivity contribution < 1.29 is 19.1 Å². The van der Waals surface area contributed by atoms with Gasteiger partial charge in [-0.1, -0.05) is 12.1 Å². The number of hydrogen-bond acceptors (Lipinski definition) is 5. The number of nitrogens with one attached hydrogen (secondary N) is 1. The third-order valence-electron chi connectivity index (χ3n) is 3.65. The number of rotatable bonds is 4. The minimum Gasteiger partial charge on any atom is -0.479 e. The molecule has 0 radical (unpaired) electrons. The predicted molar refractivity (Wildman–Crippen MR) is 81.7 cm³/mol. The van der Waals surface area contributed by atoms with Crippen molar-refractivity contribution in [3.63, 3.8) is 0 Å². The molecule has 0 bridgehead atoms. The van der Waals surface area contributed by atoms with E-state index >= 15 is 0 Å². The summed E-state index contributed by atoms with van der Waals surface area (Å²) >= 11 is 1.53. The molecule has 0 spiro atoms. The van der Waals surface area contributed by atoms with E-state index in [1.54, 1.807) is 30.5 Å². The summed E-state index contributed by atoms with van der Waals surface area (Å²) in [5.74, 6) is 0.376. The van der Waals surface area contributed by atoms with Crippen molar-refractivity contribution in [1.82, 2.24) is 10.3 Å². The molecule has 22 heavy (non-hydrogen) atoms. The van der Waals surface area contributed by atoms with Gasteiger partial charge in [-0.3, -0.25) is 4.79 Å². The van der Waals surface area contributed by atoms with Crippen LogP contribution in [0.4, 0.5) is 0 Å². The van der Waals surface area contributed by atoms with Crippen LogP contribution in [-0.4, -0.2) is 39.0 Å². The lowest BCUT2D eigenvalue weighted by atomic mass is 9.98. The Hall–Kier alpha value is -2.28. The fourth-order valence-corrected chi connectivity index (χ4v) is 3.64. The normalized spacial score (nSPS) is 20.7. The topological polar surface area (TPSA) is 92.4 Å². The van der Waals surface area contributed by atoms with E-state index in [0.717, 1.165) is 11.3 Å². The first-order valence-electron chi connectivity index (χ1n) is 6.73. The molecular weight excluding hydrogens is 304 g/mol. The summed E-state index contributed by atoms with van der Waals surface area (Å²) in [4.78, 5) is 27.6. The Morgan fingerprint density at radius 1 is 1.32 bits per heavy atom. The summed E-state index contributed by atoms with van der Waals surface area (Å²) in [6.45, 7) is 0. The minimum absolute atomic E-state index is 0.381. The van der Waals surface area contributed by atoms with Gasteiger partial charge in [-0.05, 0) is 24.3 Å². The lowest BCUT2D eigenvalue weighted by Gasteiger charge is -2.24. The van der Waals surface area contributed by atoms with Crippen LogP contribution in [0.2, 0.25) is 0 Å². The maximum absolute atomic E-state index is 12.3. The zero-order valence-electron chi connectivity index (χ0n) is 11.6. The fourth-order valence-electron chi connectivity index (χ4n) is 2.32. The van der Waals surface area contributed by atoms with Gasteiger partial charge in [-0.2, -0.15) is 11.8 Å². The molecule has 1 fully saturated rings. The van der Waals surface area contributed by atoms with Gasteiger partial charge >= 0.3 is 5.97 Å². The monoisotopic (exact) mass is 318 g/mol. The van der Waals surface area contributed by atoms with Gasteiger partial charge in [-0.15, -0.1) is 0 Å². The summed E-state index contributed by atoms with van der Waals surface area (Å²) < 4.78 is 5.18. The smallest absolute Gasteiger partial charge is 0.330 e. The molecular formula is C15H14N2O4S. The molecule has 2 aromatic rings. The summed E-state index contributed by atoms with van der Waals surface area (Å²) in [7, 11) is 0. The Bertz CT molecular complexity index is 676. The molecule has 0 aliphatic carbocycles. The van der Waals surface area contributed by atoms with E-state index in [1.165, 1.54) is 18.2 Å². The number of carbonyl (C=O) groups is 2. The van der Waals surface area contributed by atoms with Crippen molar-refractivity contribution in [3.8, 4) is 11.3 Å². The summed E-state index contributed by atoms with van der Waals surface area (Å²) in [5, 5.41) is 12.0. The maximum Gasteiger partial charge on any atom is 0.330 e. The number of aliphatic carboxylic acids is 1. The third kappa shape index (κ3) is 2.71. The van der Waals surface area contributed by atoms with Crippen molar-refractivity contribution in [2.24, 2.45) is 0 Å². The largest absolute Gasteiger partial charge is 0.479 e. The lowest BCUT2D eigenvalue weighted by molar-refractivity contribution is -0.143. The Morgan fingerprint density at radius 2 is 2.09 bits per heavy atom. The summed E-state index contributed by atoms with van der Waals surface area (Å²) in [5.41, 5.74) is 0.0601. The number of hydrogen-bond donors (Lipinski definition) is 2. The van der Waals surface area contributed by atoms with E-state index in [9.17, 15) is 14.7 Å². The van der Waals surface area contributed by atoms with Gasteiger partial charge in [0.2, 0.25) is 0 Å². The van der Waals surface area contributed by atoms with Gasteiger partial charge in [0, 0.05) is 16.9 Å². The Labute approximate surface area is 130 Å². The molecule has 0 saturated carbocycles. The highest BCUT2D eigenvalue weighted by Crippen LogP contribution is 2.28. The first-order chi connectivity index (χ1) is 10.6. The highest BCUT2D eigenvalue weighted by Gasteiger charge is 2.43. The van der Waals surface area contributed by atoms with Crippen molar-refractivity contribution >= 4 is 23.6 Å². The van der Waals surface area contributed by atoms with Crippen molar-refractivity contribution in [2.45, 2.75) is 12.0 Å². The molecule has 1 atom stereocenters. The number of carboxylic acids is 1. The quantitative estimate of drug-likeness (QED) is 0.896. The molecule has 3 rings (SSSR count). The second-order valence-corrected chi connectivity index (χ2v) is 6.19. The standard InChI is InChI=1S/C15H14N2O4S/c18-13(17-15(14(19)20)5-6-22-8-15)11-3-1-10(2-4-11)12-7-16-9-21-12/h1-4,7,9H,5-6,8H2,(H,17,18)(H,19,20). The van der Waals surface area contributed by atoms with Crippen LogP contribution in [0.1, 0.15) is 16.8 Å². The van der Waals surface area contributed by atoms with Crippen LogP contribution in [0, 0.1) is 0 Å². The molecule has 1 saturated heterocycles. The number of carbonyl (C=O) groups excluding carboxylic acids is 1. The number of nitrogens with zero attached hydrogens (tertiary/aromatic N) is 1.